The number of nitrogens with one attached hydrogen (secondary N) is 1. The molecular weight excluding hydrogens is 310 g/mol. The molecule has 1 aliphatic carbocycles. The predicted octanol–water partition coefficient (Wildman–Crippen LogP) is 3.11. The summed E-state index contributed by atoms with van der Waals surface area (Å²) in [6.45, 7) is 2.78. The number of benzene rings is 1. The summed E-state index contributed by atoms with van der Waals surface area (Å²) in [7, 11) is 0. The van der Waals surface area contributed by atoms with E-state index in [9.17, 15) is 4.79 Å². The van der Waals surface area contributed by atoms with Crippen LogP contribution in [0.4, 0.5) is 0 Å². The van der Waals surface area contributed by atoms with Crippen molar-refractivity contribution in [2.24, 2.45) is 5.92 Å². The molecule has 1 amide bonds. The van der Waals surface area contributed by atoms with Gasteiger partial charge in [0, 0.05) is 30.8 Å². The minimum Gasteiger partial charge on any atom is -0.356 e. The first-order valence-electron chi connectivity index (χ1n) is 8.99. The third-order valence-corrected chi connectivity index (χ3v) is 5.04. The van der Waals surface area contributed by atoms with Crippen molar-refractivity contribution in [3.05, 3.63) is 71.2 Å². The highest BCUT2D eigenvalue weighted by Crippen LogP contribution is 2.26. The van der Waals surface area contributed by atoms with Gasteiger partial charge in [0.1, 0.15) is 5.65 Å². The maximum atomic E-state index is 12.6. The Bertz CT molecular complexity index is 898. The predicted molar refractivity (Wildman–Crippen MR) is 98.6 cm³/mol. The number of pyridine rings is 1. The summed E-state index contributed by atoms with van der Waals surface area (Å²) in [5.41, 5.74) is 5.81. The number of rotatable bonds is 4. The number of carbonyl (C=O) groups is 1. The molecule has 2 aromatic heterocycles. The third kappa shape index (κ3) is 3.29. The summed E-state index contributed by atoms with van der Waals surface area (Å²) < 4.78 is 2.16. The first-order chi connectivity index (χ1) is 12.2. The normalized spacial score (nSPS) is 16.6. The maximum absolute atomic E-state index is 12.6. The molecule has 0 fully saturated rings. The van der Waals surface area contributed by atoms with E-state index < -0.39 is 0 Å². The van der Waals surface area contributed by atoms with Gasteiger partial charge in [0.05, 0.1) is 5.69 Å². The molecule has 4 rings (SSSR count). The number of amides is 1. The Morgan fingerprint density at radius 3 is 2.92 bits per heavy atom. The Kier molecular flexibility index (Phi) is 4.26. The van der Waals surface area contributed by atoms with Crippen molar-refractivity contribution in [2.45, 2.75) is 32.6 Å². The second-order valence-electron chi connectivity index (χ2n) is 6.91. The molecule has 4 nitrogen and oxygen atoms in total. The van der Waals surface area contributed by atoms with Crippen LogP contribution in [0, 0.1) is 12.8 Å². The van der Waals surface area contributed by atoms with Crippen molar-refractivity contribution < 1.29 is 4.79 Å². The van der Waals surface area contributed by atoms with Gasteiger partial charge < -0.3 is 9.72 Å². The fraction of sp³-hybridized carbons (Fsp3) is 0.333. The zero-order valence-electron chi connectivity index (χ0n) is 14.5. The van der Waals surface area contributed by atoms with Gasteiger partial charge in [-0.15, -0.1) is 0 Å². The van der Waals surface area contributed by atoms with Crippen molar-refractivity contribution >= 4 is 11.6 Å². The van der Waals surface area contributed by atoms with Gasteiger partial charge in [-0.1, -0.05) is 36.4 Å². The Balaban J connectivity index is 1.42. The Morgan fingerprint density at radius 1 is 1.24 bits per heavy atom. The lowest BCUT2D eigenvalue weighted by Crippen LogP contribution is -2.35. The largest absolute Gasteiger partial charge is 0.356 e. The van der Waals surface area contributed by atoms with Crippen molar-refractivity contribution in [1.29, 1.82) is 0 Å². The van der Waals surface area contributed by atoms with Gasteiger partial charge in [-0.05, 0) is 43.4 Å². The average Bonchev–Trinajstić information content (AvgIpc) is 2.99. The zero-order chi connectivity index (χ0) is 17.2. The number of imidazole rings is 1. The lowest BCUT2D eigenvalue weighted by Gasteiger charge is -2.21. The average molecular weight is 333 g/mol. The zero-order valence-corrected chi connectivity index (χ0v) is 14.5. The molecule has 4 heteroatoms. The van der Waals surface area contributed by atoms with Crippen LogP contribution in [0.25, 0.3) is 5.65 Å². The first-order valence-corrected chi connectivity index (χ1v) is 8.99. The molecule has 0 saturated heterocycles. The number of hydrogen-bond acceptors (Lipinski definition) is 2. The van der Waals surface area contributed by atoms with Crippen molar-refractivity contribution in [3.63, 3.8) is 0 Å². The van der Waals surface area contributed by atoms with Crippen LogP contribution in [0.3, 0.4) is 0 Å². The maximum Gasteiger partial charge on any atom is 0.223 e. The fourth-order valence-corrected chi connectivity index (χ4v) is 3.65. The summed E-state index contributed by atoms with van der Waals surface area (Å²) in [4.78, 5) is 17.3. The Hall–Kier alpha value is -2.62. The minimum atomic E-state index is 0.0451. The first kappa shape index (κ1) is 15.9. The van der Waals surface area contributed by atoms with Gasteiger partial charge in [-0.25, -0.2) is 4.98 Å². The van der Waals surface area contributed by atoms with E-state index in [1.165, 1.54) is 16.8 Å². The molecule has 0 aliphatic heterocycles. The molecule has 1 atom stereocenters. The van der Waals surface area contributed by atoms with Crippen molar-refractivity contribution in [3.8, 4) is 0 Å². The van der Waals surface area contributed by atoms with E-state index in [0.717, 1.165) is 37.0 Å². The van der Waals surface area contributed by atoms with Gasteiger partial charge >= 0.3 is 0 Å². The molecule has 3 aromatic rings. The lowest BCUT2D eigenvalue weighted by atomic mass is 9.89. The fourth-order valence-electron chi connectivity index (χ4n) is 3.65. The number of hydrogen-bond donors (Lipinski definition) is 1. The number of aryl methyl sites for hydroxylation is 2. The second-order valence-corrected chi connectivity index (χ2v) is 6.91. The van der Waals surface area contributed by atoms with Crippen molar-refractivity contribution in [2.75, 3.05) is 6.54 Å². The van der Waals surface area contributed by atoms with Gasteiger partial charge in [-0.3, -0.25) is 4.79 Å². The molecular formula is C21H23N3O. The Morgan fingerprint density at radius 2 is 2.08 bits per heavy atom. The smallest absolute Gasteiger partial charge is 0.223 e. The SMILES string of the molecule is Cc1ccc2nc3c(n2c1)CC(C(=O)NCCc1ccccc1)CC3. The second kappa shape index (κ2) is 6.71. The highest BCUT2D eigenvalue weighted by Gasteiger charge is 2.27. The highest BCUT2D eigenvalue weighted by atomic mass is 16.1. The lowest BCUT2D eigenvalue weighted by molar-refractivity contribution is -0.125. The number of carbonyl (C=O) groups excluding carboxylic acids is 1. The van der Waals surface area contributed by atoms with Crippen LogP contribution >= 0.6 is 0 Å². The third-order valence-electron chi connectivity index (χ3n) is 5.04. The monoisotopic (exact) mass is 333 g/mol. The number of aromatic nitrogens is 2. The van der Waals surface area contributed by atoms with E-state index in [1.54, 1.807) is 0 Å². The van der Waals surface area contributed by atoms with E-state index in [0.29, 0.717) is 6.54 Å². The summed E-state index contributed by atoms with van der Waals surface area (Å²) in [6, 6.07) is 14.4. The number of fused-ring (bicyclic) bond motifs is 3. The van der Waals surface area contributed by atoms with Gasteiger partial charge in [0.25, 0.3) is 0 Å². The van der Waals surface area contributed by atoms with Crippen LogP contribution in [0.2, 0.25) is 0 Å². The molecule has 0 saturated carbocycles. The summed E-state index contributed by atoms with van der Waals surface area (Å²) in [6.07, 6.45) is 5.53. The van der Waals surface area contributed by atoms with Crippen LogP contribution in [0.5, 0.6) is 0 Å². The van der Waals surface area contributed by atoms with Crippen LogP contribution < -0.4 is 5.32 Å². The van der Waals surface area contributed by atoms with Crippen LogP contribution in [-0.2, 0) is 24.1 Å². The van der Waals surface area contributed by atoms with Gasteiger partial charge in [0.15, 0.2) is 0 Å². The number of nitrogens with zero attached hydrogens (tertiary/aromatic N) is 2. The Labute approximate surface area is 147 Å². The quantitative estimate of drug-likeness (QED) is 0.797. The molecule has 0 spiro atoms. The van der Waals surface area contributed by atoms with E-state index in [-0.39, 0.29) is 11.8 Å². The molecule has 1 aromatic carbocycles. The van der Waals surface area contributed by atoms with Gasteiger partial charge in [0.2, 0.25) is 5.91 Å². The standard InChI is InChI=1S/C21H23N3O/c1-15-7-10-20-23-18-9-8-17(13-19(18)24(20)14-15)21(25)22-12-11-16-5-3-2-4-6-16/h2-7,10,14,17H,8-9,11-13H2,1H3,(H,22,25). The summed E-state index contributed by atoms with van der Waals surface area (Å²) in [5.74, 6) is 0.216. The van der Waals surface area contributed by atoms with E-state index in [1.807, 2.05) is 18.2 Å². The summed E-state index contributed by atoms with van der Waals surface area (Å²) in [5, 5.41) is 3.11. The minimum absolute atomic E-state index is 0.0451. The van der Waals surface area contributed by atoms with E-state index in [4.69, 9.17) is 4.98 Å². The van der Waals surface area contributed by atoms with Gasteiger partial charge in [-0.2, -0.15) is 0 Å². The van der Waals surface area contributed by atoms with Crippen LogP contribution in [-0.4, -0.2) is 21.8 Å². The molecule has 2 heterocycles. The molecule has 25 heavy (non-hydrogen) atoms. The highest BCUT2D eigenvalue weighted by molar-refractivity contribution is 5.79. The molecule has 1 unspecified atom stereocenters. The van der Waals surface area contributed by atoms with E-state index in [2.05, 4.69) is 47.1 Å². The van der Waals surface area contributed by atoms with Crippen LogP contribution in [0.1, 0.15) is 28.9 Å². The summed E-state index contributed by atoms with van der Waals surface area (Å²) >= 11 is 0. The molecule has 128 valence electrons. The topological polar surface area (TPSA) is 46.4 Å². The molecule has 0 radical (unpaired) electrons. The van der Waals surface area contributed by atoms with E-state index >= 15 is 0 Å². The molecule has 0 bridgehead atoms. The van der Waals surface area contributed by atoms with Crippen LogP contribution in [0.15, 0.2) is 48.7 Å². The molecule has 1 aliphatic rings. The molecule has 1 N–H and O–H groups in total. The van der Waals surface area contributed by atoms with Crippen molar-refractivity contribution in [1.82, 2.24) is 14.7 Å².